The highest BCUT2D eigenvalue weighted by Gasteiger charge is 2.51. The summed E-state index contributed by atoms with van der Waals surface area (Å²) in [6.07, 6.45) is 16.3. The number of morpholine rings is 1. The van der Waals surface area contributed by atoms with Crippen LogP contribution in [-0.4, -0.2) is 59.2 Å². The van der Waals surface area contributed by atoms with Crippen molar-refractivity contribution in [2.75, 3.05) is 26.2 Å². The maximum Gasteiger partial charge on any atom is 0.0811 e. The van der Waals surface area contributed by atoms with E-state index >= 15 is 0 Å². The van der Waals surface area contributed by atoms with Gasteiger partial charge in [-0.2, -0.15) is 0 Å². The zero-order valence-electron chi connectivity index (χ0n) is 20.4. The zero-order valence-corrected chi connectivity index (χ0v) is 20.4. The van der Waals surface area contributed by atoms with Gasteiger partial charge < -0.3 is 14.9 Å². The molecule has 0 radical (unpaired) electrons. The summed E-state index contributed by atoms with van der Waals surface area (Å²) in [6.45, 7) is 9.56. The van der Waals surface area contributed by atoms with Crippen molar-refractivity contribution in [1.29, 1.82) is 0 Å². The summed E-state index contributed by atoms with van der Waals surface area (Å²) >= 11 is 0. The van der Waals surface area contributed by atoms with Gasteiger partial charge in [-0.1, -0.05) is 37.1 Å². The average Bonchev–Trinajstić information content (AvgIpc) is 3.38. The van der Waals surface area contributed by atoms with Crippen molar-refractivity contribution in [3.05, 3.63) is 23.3 Å². The fourth-order valence-corrected chi connectivity index (χ4v) is 7.89. The van der Waals surface area contributed by atoms with Crippen LogP contribution in [0.5, 0.6) is 0 Å². The number of aliphatic hydroxyl groups is 2. The largest absolute Gasteiger partial charge is 0.393 e. The summed E-state index contributed by atoms with van der Waals surface area (Å²) in [5.74, 6) is 2.33. The smallest absolute Gasteiger partial charge is 0.0811 e. The highest BCUT2D eigenvalue weighted by Crippen LogP contribution is 2.59. The Morgan fingerprint density at radius 3 is 2.66 bits per heavy atom. The first-order chi connectivity index (χ1) is 15.4. The summed E-state index contributed by atoms with van der Waals surface area (Å²) in [6, 6.07) is 0. The molecule has 1 heterocycles. The van der Waals surface area contributed by atoms with E-state index in [4.69, 9.17) is 4.74 Å². The van der Waals surface area contributed by atoms with E-state index in [2.05, 4.69) is 30.9 Å². The predicted octanol–water partition coefficient (Wildman–Crippen LogP) is 4.85. The van der Waals surface area contributed by atoms with Crippen LogP contribution in [0.4, 0.5) is 0 Å². The summed E-state index contributed by atoms with van der Waals surface area (Å²) in [5.41, 5.74) is 3.54. The Kier molecular flexibility index (Phi) is 6.61. The molecule has 1 aliphatic heterocycles. The number of nitrogens with zero attached hydrogens (tertiary/aromatic N) is 1. The van der Waals surface area contributed by atoms with Gasteiger partial charge in [-0.15, -0.1) is 0 Å². The van der Waals surface area contributed by atoms with E-state index < -0.39 is 0 Å². The number of hydrogen-bond donors (Lipinski definition) is 2. The van der Waals surface area contributed by atoms with Crippen molar-refractivity contribution in [2.45, 2.75) is 102 Å². The number of ether oxygens (including phenoxy) is 1. The maximum absolute atomic E-state index is 10.0. The van der Waals surface area contributed by atoms with Gasteiger partial charge in [0.2, 0.25) is 0 Å². The third kappa shape index (κ3) is 4.76. The number of aliphatic hydroxyl groups excluding tert-OH is 2. The fourth-order valence-electron chi connectivity index (χ4n) is 7.89. The summed E-state index contributed by atoms with van der Waals surface area (Å²) in [5, 5.41) is 20.0. The van der Waals surface area contributed by atoms with E-state index in [-0.39, 0.29) is 17.8 Å². The quantitative estimate of drug-likeness (QED) is 0.638. The summed E-state index contributed by atoms with van der Waals surface area (Å²) < 4.78 is 6.01. The highest BCUT2D eigenvalue weighted by molar-refractivity contribution is 5.26. The van der Waals surface area contributed by atoms with Crippen molar-refractivity contribution in [3.8, 4) is 0 Å². The van der Waals surface area contributed by atoms with E-state index in [0.29, 0.717) is 11.8 Å². The molecule has 4 saturated carbocycles. The van der Waals surface area contributed by atoms with Crippen LogP contribution in [0.15, 0.2) is 23.3 Å². The molecule has 1 unspecified atom stereocenters. The van der Waals surface area contributed by atoms with Crippen molar-refractivity contribution >= 4 is 0 Å². The van der Waals surface area contributed by atoms with Gasteiger partial charge >= 0.3 is 0 Å². The Morgan fingerprint density at radius 2 is 1.91 bits per heavy atom. The number of allylic oxidation sites excluding steroid dienone is 3. The Hall–Kier alpha value is -0.680. The van der Waals surface area contributed by atoms with E-state index in [1.54, 1.807) is 5.57 Å². The van der Waals surface area contributed by atoms with Crippen LogP contribution in [0.3, 0.4) is 0 Å². The molecule has 5 rings (SSSR count). The van der Waals surface area contributed by atoms with Crippen LogP contribution in [-0.2, 0) is 4.74 Å². The minimum Gasteiger partial charge on any atom is -0.393 e. The number of rotatable bonds is 5. The van der Waals surface area contributed by atoms with Crippen molar-refractivity contribution in [2.24, 2.45) is 23.2 Å². The van der Waals surface area contributed by atoms with Gasteiger partial charge in [-0.25, -0.2) is 0 Å². The van der Waals surface area contributed by atoms with Crippen LogP contribution in [0.1, 0.15) is 84.5 Å². The summed E-state index contributed by atoms with van der Waals surface area (Å²) in [4.78, 5) is 2.67. The normalized spacial score (nSPS) is 41.6. The van der Waals surface area contributed by atoms with Gasteiger partial charge in [-0.3, -0.25) is 4.90 Å². The van der Waals surface area contributed by atoms with Gasteiger partial charge in [-0.05, 0) is 100 Å². The van der Waals surface area contributed by atoms with E-state index in [0.717, 1.165) is 50.3 Å². The predicted molar refractivity (Wildman–Crippen MR) is 128 cm³/mol. The van der Waals surface area contributed by atoms with Crippen molar-refractivity contribution in [3.63, 3.8) is 0 Å². The van der Waals surface area contributed by atoms with Crippen LogP contribution in [0, 0.1) is 23.2 Å². The second-order valence-electron chi connectivity index (χ2n) is 12.2. The molecule has 5 aliphatic rings. The number of fused-ring (bicyclic) bond motifs is 1. The lowest BCUT2D eigenvalue weighted by molar-refractivity contribution is -0.0483. The van der Waals surface area contributed by atoms with Gasteiger partial charge in [0.1, 0.15) is 0 Å². The molecular formula is C28H45NO3. The van der Waals surface area contributed by atoms with Gasteiger partial charge in [0, 0.05) is 13.1 Å². The van der Waals surface area contributed by atoms with Crippen molar-refractivity contribution < 1.29 is 14.9 Å². The molecule has 2 N–H and O–H groups in total. The topological polar surface area (TPSA) is 52.9 Å². The molecule has 180 valence electrons. The lowest BCUT2D eigenvalue weighted by Crippen LogP contribution is -2.45. The molecule has 0 aromatic carbocycles. The summed E-state index contributed by atoms with van der Waals surface area (Å²) in [7, 11) is 0. The van der Waals surface area contributed by atoms with E-state index in [1.807, 2.05) is 0 Å². The average molecular weight is 444 g/mol. The molecule has 0 aromatic heterocycles. The SMILES string of the molecule is CC(CCN1CCOC2(CC2)C1)[C@H]1CC[C@H]2/C(=C/C=C3C[C@@H](O)C[C@H](O)C3)CCC[C@]12C. The standard InChI is InChI=1S/C28H45NO3/c1-20(9-13-29-14-15-32-28(19-29)11-12-28)25-7-8-26-22(4-3-10-27(25,26)2)6-5-21-16-23(30)18-24(31)17-21/h5-6,20,23-26,30-31H,3-4,7-19H2,1-2H3/b22-6+/t20?,23-,24-,25-,26+,27-/m1/s1. The minimum atomic E-state index is -0.377. The van der Waals surface area contributed by atoms with Crippen LogP contribution in [0.25, 0.3) is 0 Å². The van der Waals surface area contributed by atoms with E-state index in [1.165, 1.54) is 63.5 Å². The van der Waals surface area contributed by atoms with Gasteiger partial charge in [0.15, 0.2) is 0 Å². The molecular weight excluding hydrogens is 398 g/mol. The molecule has 4 heteroatoms. The molecule has 0 bridgehead atoms. The fraction of sp³-hybridized carbons (Fsp3) is 0.857. The third-order valence-electron chi connectivity index (χ3n) is 9.83. The Labute approximate surface area is 195 Å². The first-order valence-corrected chi connectivity index (χ1v) is 13.5. The molecule has 32 heavy (non-hydrogen) atoms. The molecule has 0 aromatic rings. The van der Waals surface area contributed by atoms with Crippen LogP contribution in [0.2, 0.25) is 0 Å². The molecule has 6 atom stereocenters. The van der Waals surface area contributed by atoms with Crippen molar-refractivity contribution in [1.82, 2.24) is 4.90 Å². The molecule has 1 saturated heterocycles. The molecule has 0 amide bonds. The first-order valence-electron chi connectivity index (χ1n) is 13.5. The van der Waals surface area contributed by atoms with Crippen LogP contribution < -0.4 is 0 Å². The zero-order chi connectivity index (χ0) is 22.3. The lowest BCUT2D eigenvalue weighted by atomic mass is 9.61. The third-order valence-corrected chi connectivity index (χ3v) is 9.83. The Bertz CT molecular complexity index is 729. The Morgan fingerprint density at radius 1 is 1.12 bits per heavy atom. The van der Waals surface area contributed by atoms with Gasteiger partial charge in [0.25, 0.3) is 0 Å². The first kappa shape index (κ1) is 23.1. The second-order valence-corrected chi connectivity index (χ2v) is 12.2. The van der Waals surface area contributed by atoms with Crippen LogP contribution >= 0.6 is 0 Å². The maximum atomic E-state index is 10.0. The molecule has 5 fully saturated rings. The molecule has 4 nitrogen and oxygen atoms in total. The second kappa shape index (κ2) is 9.17. The van der Waals surface area contributed by atoms with Gasteiger partial charge in [0.05, 0.1) is 24.4 Å². The lowest BCUT2D eigenvalue weighted by Gasteiger charge is -2.45. The Balaban J connectivity index is 1.21. The minimum absolute atomic E-state index is 0.244. The highest BCUT2D eigenvalue weighted by atomic mass is 16.5. The molecule has 4 aliphatic carbocycles. The molecule has 1 spiro atoms. The number of hydrogen-bond acceptors (Lipinski definition) is 4. The van der Waals surface area contributed by atoms with E-state index in [9.17, 15) is 10.2 Å². The monoisotopic (exact) mass is 443 g/mol.